The third-order valence-corrected chi connectivity index (χ3v) is 5.69. The molecule has 0 saturated carbocycles. The number of aromatic nitrogens is 2. The molecule has 8 nitrogen and oxygen atoms in total. The van der Waals surface area contributed by atoms with E-state index in [1.807, 2.05) is 0 Å². The predicted molar refractivity (Wildman–Crippen MR) is 122 cm³/mol. The van der Waals surface area contributed by atoms with Gasteiger partial charge in [-0.3, -0.25) is 14.9 Å². The zero-order valence-electron chi connectivity index (χ0n) is 17.2. The fourth-order valence-electron chi connectivity index (χ4n) is 3.71. The van der Waals surface area contributed by atoms with Crippen LogP contribution in [0.15, 0.2) is 66.9 Å². The van der Waals surface area contributed by atoms with Crippen molar-refractivity contribution in [2.45, 2.75) is 18.9 Å². The van der Waals surface area contributed by atoms with Gasteiger partial charge in [0.1, 0.15) is 5.82 Å². The van der Waals surface area contributed by atoms with E-state index in [-0.39, 0.29) is 6.04 Å². The molecule has 0 unspecified atom stereocenters. The quantitative estimate of drug-likeness (QED) is 0.448. The van der Waals surface area contributed by atoms with Crippen molar-refractivity contribution in [3.63, 3.8) is 0 Å². The molecule has 2 aromatic carbocycles. The number of piperidine rings is 1. The molecule has 0 atom stereocenters. The lowest BCUT2D eigenvalue weighted by Gasteiger charge is -2.32. The Bertz CT molecular complexity index is 1120. The molecule has 2 heterocycles. The lowest BCUT2D eigenvalue weighted by Crippen LogP contribution is -2.42. The summed E-state index contributed by atoms with van der Waals surface area (Å²) in [7, 11) is 0. The van der Waals surface area contributed by atoms with Crippen LogP contribution in [0.3, 0.4) is 0 Å². The Morgan fingerprint density at radius 3 is 2.31 bits per heavy atom. The maximum absolute atomic E-state index is 12.6. The zero-order chi connectivity index (χ0) is 22.5. The van der Waals surface area contributed by atoms with Crippen LogP contribution >= 0.6 is 11.6 Å². The molecule has 4 rings (SSSR count). The minimum Gasteiger partial charge on any atom is -0.336 e. The van der Waals surface area contributed by atoms with Crippen molar-refractivity contribution in [2.75, 3.05) is 23.7 Å². The van der Waals surface area contributed by atoms with Crippen LogP contribution in [0.25, 0.3) is 0 Å². The highest BCUT2D eigenvalue weighted by Gasteiger charge is 2.29. The van der Waals surface area contributed by atoms with Crippen LogP contribution in [0.1, 0.15) is 29.2 Å². The third-order valence-electron chi connectivity index (χ3n) is 5.36. The Labute approximate surface area is 190 Å². The number of halogens is 1. The summed E-state index contributed by atoms with van der Waals surface area (Å²) in [5.74, 6) is -0.450. The van der Waals surface area contributed by atoms with Crippen LogP contribution in [0.4, 0.5) is 16.3 Å². The molecule has 1 aliphatic heterocycles. The highest BCUT2D eigenvalue weighted by atomic mass is 35.5. The molecule has 1 saturated heterocycles. The van der Waals surface area contributed by atoms with E-state index in [1.54, 1.807) is 76.4 Å². The average Bonchev–Trinajstić information content (AvgIpc) is 3.28. The van der Waals surface area contributed by atoms with Crippen LogP contribution in [0.2, 0.25) is 5.02 Å². The summed E-state index contributed by atoms with van der Waals surface area (Å²) in [5.41, 5.74) is 0.898. The molecule has 9 heteroatoms. The molecule has 0 aliphatic carbocycles. The van der Waals surface area contributed by atoms with Crippen LogP contribution in [-0.2, 0) is 4.79 Å². The first kappa shape index (κ1) is 21.6. The van der Waals surface area contributed by atoms with Crippen LogP contribution < -0.4 is 10.6 Å². The number of rotatable bonds is 5. The number of hydrogen-bond donors (Lipinski definition) is 2. The predicted octanol–water partition coefficient (Wildman–Crippen LogP) is 4.23. The van der Waals surface area contributed by atoms with Crippen LogP contribution in [0.5, 0.6) is 0 Å². The Morgan fingerprint density at radius 2 is 1.59 bits per heavy atom. The molecule has 3 amide bonds. The fraction of sp³-hybridized carbons (Fsp3) is 0.217. The summed E-state index contributed by atoms with van der Waals surface area (Å²) in [6.07, 6.45) is 2.86. The van der Waals surface area contributed by atoms with Crippen molar-refractivity contribution >= 4 is 40.8 Å². The Hall–Kier alpha value is -3.65. The van der Waals surface area contributed by atoms with Crippen molar-refractivity contribution in [1.82, 2.24) is 14.7 Å². The highest BCUT2D eigenvalue weighted by molar-refractivity contribution is 6.42. The molecule has 3 aromatic rings. The van der Waals surface area contributed by atoms with E-state index in [2.05, 4.69) is 15.7 Å². The van der Waals surface area contributed by atoms with E-state index in [4.69, 9.17) is 11.6 Å². The second-order valence-corrected chi connectivity index (χ2v) is 7.85. The van der Waals surface area contributed by atoms with Gasteiger partial charge < -0.3 is 10.2 Å². The molecule has 1 aliphatic rings. The van der Waals surface area contributed by atoms with Gasteiger partial charge in [0.15, 0.2) is 0 Å². The number of hydrogen-bond acceptors (Lipinski definition) is 4. The molecule has 0 radical (unpaired) electrons. The minimum atomic E-state index is -0.498. The number of nitrogens with zero attached hydrogens (tertiary/aromatic N) is 3. The first-order valence-corrected chi connectivity index (χ1v) is 10.7. The van der Waals surface area contributed by atoms with Gasteiger partial charge in [-0.2, -0.15) is 5.10 Å². The molecule has 1 fully saturated rings. The topological polar surface area (TPSA) is 96.3 Å². The number of benzene rings is 2. The summed E-state index contributed by atoms with van der Waals surface area (Å²) in [6, 6.07) is 16.8. The van der Waals surface area contributed by atoms with Crippen molar-refractivity contribution in [3.8, 4) is 0 Å². The lowest BCUT2D eigenvalue weighted by atomic mass is 10.0. The number of nitrogens with one attached hydrogen (secondary N) is 2. The number of likely N-dealkylation sites (tertiary alicyclic amines) is 1. The minimum absolute atomic E-state index is 0.00325. The van der Waals surface area contributed by atoms with E-state index in [0.29, 0.717) is 48.0 Å². The molecular weight excluding hydrogens is 430 g/mol. The number of urea groups is 1. The molecule has 32 heavy (non-hydrogen) atoms. The number of carbonyl (C=O) groups excluding carboxylic acids is 3. The molecule has 164 valence electrons. The fourth-order valence-corrected chi connectivity index (χ4v) is 3.89. The Kier molecular flexibility index (Phi) is 6.51. The monoisotopic (exact) mass is 451 g/mol. The van der Waals surface area contributed by atoms with Crippen molar-refractivity contribution in [3.05, 3.63) is 77.4 Å². The lowest BCUT2D eigenvalue weighted by molar-refractivity contribution is -0.127. The number of carbonyl (C=O) groups is 3. The van der Waals surface area contributed by atoms with Gasteiger partial charge in [0, 0.05) is 24.7 Å². The smallest absolute Gasteiger partial charge is 0.324 e. The number of Topliss-reactive ketones (excluding diaryl/α,β-unsaturated/α-hetero) is 1. The van der Waals surface area contributed by atoms with E-state index in [9.17, 15) is 14.4 Å². The van der Waals surface area contributed by atoms with Crippen LogP contribution in [0, 0.1) is 0 Å². The average molecular weight is 452 g/mol. The van der Waals surface area contributed by atoms with Gasteiger partial charge in [0.2, 0.25) is 5.78 Å². The number of ketones is 1. The SMILES string of the molecule is O=C(Nc1ccccc1Cl)Nc1ccnn1C1CCN(C(=O)C(=O)c2ccccc2)CC1. The largest absolute Gasteiger partial charge is 0.336 e. The standard InChI is InChI=1S/C23H22ClN5O3/c24-18-8-4-5-9-19(18)26-23(32)27-20-10-13-25-29(20)17-11-14-28(15-12-17)22(31)21(30)16-6-2-1-3-7-16/h1-10,13,17H,11-12,14-15H2,(H2,26,27,32). The molecule has 2 N–H and O–H groups in total. The van der Waals surface area contributed by atoms with E-state index >= 15 is 0 Å². The Balaban J connectivity index is 1.35. The Morgan fingerprint density at radius 1 is 0.906 bits per heavy atom. The number of para-hydroxylation sites is 1. The third kappa shape index (κ3) is 4.81. The first-order valence-electron chi connectivity index (χ1n) is 10.3. The van der Waals surface area contributed by atoms with Gasteiger partial charge in [0.25, 0.3) is 5.91 Å². The number of amides is 3. The summed E-state index contributed by atoms with van der Waals surface area (Å²) >= 11 is 6.09. The van der Waals surface area contributed by atoms with Gasteiger partial charge in [-0.25, -0.2) is 9.48 Å². The van der Waals surface area contributed by atoms with Gasteiger partial charge in [-0.15, -0.1) is 0 Å². The normalized spacial score (nSPS) is 14.1. The van der Waals surface area contributed by atoms with Gasteiger partial charge in [-0.1, -0.05) is 54.1 Å². The summed E-state index contributed by atoms with van der Waals surface area (Å²) in [4.78, 5) is 39.0. The summed E-state index contributed by atoms with van der Waals surface area (Å²) in [6.45, 7) is 0.875. The van der Waals surface area contributed by atoms with Crippen LogP contribution in [-0.4, -0.2) is 45.5 Å². The summed E-state index contributed by atoms with van der Waals surface area (Å²) < 4.78 is 1.74. The zero-order valence-corrected chi connectivity index (χ0v) is 18.0. The van der Waals surface area contributed by atoms with Crippen molar-refractivity contribution in [1.29, 1.82) is 0 Å². The number of anilines is 2. The maximum Gasteiger partial charge on any atom is 0.324 e. The van der Waals surface area contributed by atoms with Crippen molar-refractivity contribution in [2.24, 2.45) is 0 Å². The maximum atomic E-state index is 12.6. The van der Waals surface area contributed by atoms with Gasteiger partial charge in [0.05, 0.1) is 22.9 Å². The second kappa shape index (κ2) is 9.65. The van der Waals surface area contributed by atoms with Crippen molar-refractivity contribution < 1.29 is 14.4 Å². The van der Waals surface area contributed by atoms with E-state index < -0.39 is 17.7 Å². The molecule has 0 bridgehead atoms. The molecule has 1 aromatic heterocycles. The van der Waals surface area contributed by atoms with E-state index in [0.717, 1.165) is 0 Å². The molecule has 0 spiro atoms. The van der Waals surface area contributed by atoms with E-state index in [1.165, 1.54) is 0 Å². The first-order chi connectivity index (χ1) is 15.5. The molecular formula is C23H22ClN5O3. The second-order valence-electron chi connectivity index (χ2n) is 7.44. The van der Waals surface area contributed by atoms with Gasteiger partial charge in [-0.05, 0) is 25.0 Å². The summed E-state index contributed by atoms with van der Waals surface area (Å²) in [5, 5.41) is 10.3. The highest BCUT2D eigenvalue weighted by Crippen LogP contribution is 2.26. The van der Waals surface area contributed by atoms with Gasteiger partial charge >= 0.3 is 6.03 Å².